The molecular formula is C15H23N3O3. The predicted octanol–water partition coefficient (Wildman–Crippen LogP) is 0.682. The maximum Gasteiger partial charge on any atom is 0.337 e. The van der Waals surface area contributed by atoms with E-state index in [2.05, 4.69) is 21.6 Å². The minimum absolute atomic E-state index is 0.398. The van der Waals surface area contributed by atoms with E-state index in [-0.39, 0.29) is 0 Å². The summed E-state index contributed by atoms with van der Waals surface area (Å²) in [5, 5.41) is 0. The van der Waals surface area contributed by atoms with Gasteiger partial charge >= 0.3 is 5.97 Å². The highest BCUT2D eigenvalue weighted by Crippen LogP contribution is 2.22. The highest BCUT2D eigenvalue weighted by molar-refractivity contribution is 5.90. The summed E-state index contributed by atoms with van der Waals surface area (Å²) in [5.74, 6) is 0.211. The van der Waals surface area contributed by atoms with Crippen molar-refractivity contribution in [1.29, 1.82) is 0 Å². The first-order valence-electron chi connectivity index (χ1n) is 7.11. The molecule has 0 atom stereocenters. The standard InChI is InChI=1S/C15H23N3O3/c1-17-5-7-18(8-6-17)9-10-21-14-4-3-12(11-13(14)16)15(19)20-2/h3-4,11H,5-10,16H2,1-2H3. The largest absolute Gasteiger partial charge is 0.490 e. The molecule has 6 heteroatoms. The molecule has 1 aliphatic heterocycles. The average molecular weight is 293 g/mol. The van der Waals surface area contributed by atoms with E-state index in [1.165, 1.54) is 7.11 Å². The number of esters is 1. The maximum atomic E-state index is 11.4. The Kier molecular flexibility index (Phi) is 5.41. The summed E-state index contributed by atoms with van der Waals surface area (Å²) >= 11 is 0. The molecule has 116 valence electrons. The van der Waals surface area contributed by atoms with E-state index >= 15 is 0 Å². The molecule has 2 rings (SSSR count). The van der Waals surface area contributed by atoms with Crippen molar-refractivity contribution in [3.8, 4) is 5.75 Å². The van der Waals surface area contributed by atoms with Gasteiger partial charge in [0.2, 0.25) is 0 Å². The number of carbonyl (C=O) groups is 1. The van der Waals surface area contributed by atoms with Gasteiger partial charge in [-0.3, -0.25) is 4.90 Å². The Labute approximate surface area is 125 Å². The molecule has 1 aromatic rings. The second-order valence-electron chi connectivity index (χ2n) is 5.24. The number of carbonyl (C=O) groups excluding carboxylic acids is 1. The van der Waals surface area contributed by atoms with Crippen molar-refractivity contribution in [3.05, 3.63) is 23.8 Å². The van der Waals surface area contributed by atoms with Gasteiger partial charge in [-0.05, 0) is 25.2 Å². The number of likely N-dealkylation sites (N-methyl/N-ethyl adjacent to an activating group) is 1. The van der Waals surface area contributed by atoms with Gasteiger partial charge in [-0.1, -0.05) is 0 Å². The highest BCUT2D eigenvalue weighted by Gasteiger charge is 2.14. The van der Waals surface area contributed by atoms with Crippen molar-refractivity contribution in [3.63, 3.8) is 0 Å². The highest BCUT2D eigenvalue weighted by atomic mass is 16.5. The van der Waals surface area contributed by atoms with Crippen LogP contribution in [0.1, 0.15) is 10.4 Å². The number of anilines is 1. The van der Waals surface area contributed by atoms with Crippen LogP contribution in [0.15, 0.2) is 18.2 Å². The van der Waals surface area contributed by atoms with Crippen LogP contribution in [0.3, 0.4) is 0 Å². The van der Waals surface area contributed by atoms with Crippen LogP contribution in [0.2, 0.25) is 0 Å². The number of piperazine rings is 1. The number of methoxy groups -OCH3 is 1. The van der Waals surface area contributed by atoms with E-state index in [9.17, 15) is 4.79 Å². The summed E-state index contributed by atoms with van der Waals surface area (Å²) in [7, 11) is 3.48. The third-order valence-corrected chi connectivity index (χ3v) is 3.69. The fourth-order valence-electron chi connectivity index (χ4n) is 2.28. The first-order valence-corrected chi connectivity index (χ1v) is 7.11. The topological polar surface area (TPSA) is 68.0 Å². The second-order valence-corrected chi connectivity index (χ2v) is 5.24. The number of nitrogens with two attached hydrogens (primary N) is 1. The van der Waals surface area contributed by atoms with Crippen molar-refractivity contribution in [1.82, 2.24) is 9.80 Å². The van der Waals surface area contributed by atoms with Gasteiger partial charge in [0.25, 0.3) is 0 Å². The van der Waals surface area contributed by atoms with E-state index in [1.54, 1.807) is 18.2 Å². The Morgan fingerprint density at radius 2 is 2.00 bits per heavy atom. The molecule has 0 bridgehead atoms. The molecule has 2 N–H and O–H groups in total. The molecule has 0 spiro atoms. The quantitative estimate of drug-likeness (QED) is 0.636. The third-order valence-electron chi connectivity index (χ3n) is 3.69. The molecule has 1 heterocycles. The fourth-order valence-corrected chi connectivity index (χ4v) is 2.28. The summed E-state index contributed by atoms with van der Waals surface area (Å²) in [4.78, 5) is 16.1. The zero-order chi connectivity index (χ0) is 15.2. The Morgan fingerprint density at radius 3 is 2.62 bits per heavy atom. The number of hydrogen-bond acceptors (Lipinski definition) is 6. The number of nitrogens with zero attached hydrogens (tertiary/aromatic N) is 2. The van der Waals surface area contributed by atoms with E-state index in [0.717, 1.165) is 32.7 Å². The summed E-state index contributed by atoms with van der Waals surface area (Å²) in [5.41, 5.74) is 6.79. The van der Waals surface area contributed by atoms with E-state index in [1.807, 2.05) is 0 Å². The van der Waals surface area contributed by atoms with Crippen LogP contribution in [0.5, 0.6) is 5.75 Å². The average Bonchev–Trinajstić information content (AvgIpc) is 2.50. The molecule has 0 aromatic heterocycles. The molecule has 0 amide bonds. The molecular weight excluding hydrogens is 270 g/mol. The number of rotatable bonds is 5. The maximum absolute atomic E-state index is 11.4. The van der Waals surface area contributed by atoms with Crippen LogP contribution in [-0.4, -0.2) is 69.3 Å². The molecule has 0 saturated carbocycles. The number of hydrogen-bond donors (Lipinski definition) is 1. The predicted molar refractivity (Wildman–Crippen MR) is 81.6 cm³/mol. The number of nitrogen functional groups attached to an aromatic ring is 1. The normalized spacial score (nSPS) is 16.7. The van der Waals surface area contributed by atoms with Crippen molar-refractivity contribution < 1.29 is 14.3 Å². The van der Waals surface area contributed by atoms with E-state index in [0.29, 0.717) is 23.6 Å². The lowest BCUT2D eigenvalue weighted by molar-refractivity contribution is 0.0600. The Balaban J connectivity index is 1.82. The SMILES string of the molecule is COC(=O)c1ccc(OCCN2CCN(C)CC2)c(N)c1. The van der Waals surface area contributed by atoms with E-state index < -0.39 is 5.97 Å². The molecule has 0 radical (unpaired) electrons. The third kappa shape index (κ3) is 4.34. The number of benzene rings is 1. The molecule has 1 aliphatic rings. The van der Waals surface area contributed by atoms with Gasteiger partial charge < -0.3 is 20.1 Å². The van der Waals surface area contributed by atoms with Gasteiger partial charge in [0.1, 0.15) is 12.4 Å². The molecule has 0 unspecified atom stereocenters. The van der Waals surface area contributed by atoms with Gasteiger partial charge in [-0.15, -0.1) is 0 Å². The molecule has 21 heavy (non-hydrogen) atoms. The monoisotopic (exact) mass is 293 g/mol. The zero-order valence-electron chi connectivity index (χ0n) is 12.7. The summed E-state index contributed by atoms with van der Waals surface area (Å²) < 4.78 is 10.4. The minimum atomic E-state index is -0.398. The fraction of sp³-hybridized carbons (Fsp3) is 0.533. The molecule has 0 aliphatic carbocycles. The van der Waals surface area contributed by atoms with Gasteiger partial charge in [-0.25, -0.2) is 4.79 Å². The summed E-state index contributed by atoms with van der Waals surface area (Å²) in [6.45, 7) is 5.79. The van der Waals surface area contributed by atoms with Crippen molar-refractivity contribution >= 4 is 11.7 Å². The molecule has 1 saturated heterocycles. The smallest absolute Gasteiger partial charge is 0.337 e. The van der Waals surface area contributed by atoms with Crippen LogP contribution in [0.25, 0.3) is 0 Å². The van der Waals surface area contributed by atoms with Crippen LogP contribution in [0, 0.1) is 0 Å². The lowest BCUT2D eigenvalue weighted by atomic mass is 10.2. The Hall–Kier alpha value is -1.79. The van der Waals surface area contributed by atoms with Gasteiger partial charge in [0, 0.05) is 32.7 Å². The minimum Gasteiger partial charge on any atom is -0.490 e. The van der Waals surface area contributed by atoms with Crippen LogP contribution >= 0.6 is 0 Å². The Morgan fingerprint density at radius 1 is 1.29 bits per heavy atom. The summed E-state index contributed by atoms with van der Waals surface area (Å²) in [6.07, 6.45) is 0. The number of ether oxygens (including phenoxy) is 2. The van der Waals surface area contributed by atoms with Gasteiger partial charge in [0.05, 0.1) is 18.4 Å². The van der Waals surface area contributed by atoms with Gasteiger partial charge in [0.15, 0.2) is 0 Å². The van der Waals surface area contributed by atoms with E-state index in [4.69, 9.17) is 10.5 Å². The lowest BCUT2D eigenvalue weighted by Gasteiger charge is -2.32. The second kappa shape index (κ2) is 7.28. The van der Waals surface area contributed by atoms with Crippen LogP contribution in [0.4, 0.5) is 5.69 Å². The summed E-state index contributed by atoms with van der Waals surface area (Å²) in [6, 6.07) is 4.95. The van der Waals surface area contributed by atoms with Crippen LogP contribution in [-0.2, 0) is 4.74 Å². The van der Waals surface area contributed by atoms with Crippen molar-refractivity contribution in [2.75, 3.05) is 59.2 Å². The molecule has 1 aromatic carbocycles. The first-order chi connectivity index (χ1) is 10.1. The van der Waals surface area contributed by atoms with Crippen LogP contribution < -0.4 is 10.5 Å². The Bertz CT molecular complexity index is 485. The van der Waals surface area contributed by atoms with Crippen molar-refractivity contribution in [2.24, 2.45) is 0 Å². The zero-order valence-corrected chi connectivity index (χ0v) is 12.7. The molecule has 6 nitrogen and oxygen atoms in total. The lowest BCUT2D eigenvalue weighted by Crippen LogP contribution is -2.45. The first kappa shape index (κ1) is 15.6. The van der Waals surface area contributed by atoms with Crippen molar-refractivity contribution in [2.45, 2.75) is 0 Å². The molecule has 1 fully saturated rings. The van der Waals surface area contributed by atoms with Gasteiger partial charge in [-0.2, -0.15) is 0 Å².